The van der Waals surface area contributed by atoms with Crippen molar-refractivity contribution < 1.29 is 28.2 Å². The maximum absolute atomic E-state index is 13.2. The van der Waals surface area contributed by atoms with Gasteiger partial charge in [0.1, 0.15) is 17.3 Å². The molecule has 10 heteroatoms. The fraction of sp³-hybridized carbons (Fsp3) is 0.304. The number of esters is 2. The molecule has 0 fully saturated rings. The van der Waals surface area contributed by atoms with Crippen LogP contribution < -0.4 is 5.32 Å². The van der Waals surface area contributed by atoms with Gasteiger partial charge in [0, 0.05) is 11.8 Å². The van der Waals surface area contributed by atoms with Gasteiger partial charge in [0.05, 0.1) is 23.0 Å². The Morgan fingerprint density at radius 1 is 1.12 bits per heavy atom. The lowest BCUT2D eigenvalue weighted by atomic mass is 10.1. The number of nitrogens with zero attached hydrogens (tertiary/aromatic N) is 2. The Morgan fingerprint density at radius 3 is 2.42 bits per heavy atom. The van der Waals surface area contributed by atoms with Gasteiger partial charge in [-0.15, -0.1) is 0 Å². The van der Waals surface area contributed by atoms with E-state index in [1.54, 1.807) is 40.7 Å². The molecule has 9 nitrogen and oxygen atoms in total. The molecule has 0 radical (unpaired) electrons. The topological polar surface area (TPSA) is 115 Å². The Balaban J connectivity index is 1.67. The number of H-pyrrole nitrogens is 1. The Kier molecular flexibility index (Phi) is 6.95. The molecule has 3 aromatic rings. The summed E-state index contributed by atoms with van der Waals surface area (Å²) in [6, 6.07) is 7.25. The molecule has 33 heavy (non-hydrogen) atoms. The molecule has 174 valence electrons. The van der Waals surface area contributed by atoms with Crippen LogP contribution in [0, 0.1) is 26.6 Å². The predicted octanol–water partition coefficient (Wildman–Crippen LogP) is 3.63. The van der Waals surface area contributed by atoms with E-state index in [-0.39, 0.29) is 17.4 Å². The Bertz CT molecular complexity index is 1190. The smallest absolute Gasteiger partial charge is 0.355 e. The van der Waals surface area contributed by atoms with E-state index < -0.39 is 30.3 Å². The molecule has 1 amide bonds. The zero-order chi connectivity index (χ0) is 24.3. The fourth-order valence-electron chi connectivity index (χ4n) is 3.28. The molecule has 2 N–H and O–H groups in total. The van der Waals surface area contributed by atoms with Crippen LogP contribution >= 0.6 is 0 Å². The number of anilines is 1. The summed E-state index contributed by atoms with van der Waals surface area (Å²) >= 11 is 0. The third-order valence-corrected chi connectivity index (χ3v) is 4.69. The SMILES string of the molecule is Cc1cc(NC(=O)COC(=O)c2[nH]c(C)c(C(=O)OC(C)C)c2C)n(-c2ccc(F)cc2)n1. The third kappa shape index (κ3) is 5.46. The van der Waals surface area contributed by atoms with Crippen LogP contribution in [-0.4, -0.2) is 45.3 Å². The predicted molar refractivity (Wildman–Crippen MR) is 118 cm³/mol. The van der Waals surface area contributed by atoms with E-state index in [9.17, 15) is 18.8 Å². The number of benzene rings is 1. The number of hydrogen-bond acceptors (Lipinski definition) is 6. The number of aryl methyl sites for hydroxylation is 2. The van der Waals surface area contributed by atoms with Crippen molar-refractivity contribution in [1.82, 2.24) is 14.8 Å². The molecular weight excluding hydrogens is 431 g/mol. The summed E-state index contributed by atoms with van der Waals surface area (Å²) < 4.78 is 25.0. The van der Waals surface area contributed by atoms with E-state index in [1.165, 1.54) is 28.9 Å². The molecule has 0 saturated carbocycles. The number of carbonyl (C=O) groups excluding carboxylic acids is 3. The van der Waals surface area contributed by atoms with Crippen molar-refractivity contribution in [3.63, 3.8) is 0 Å². The normalized spacial score (nSPS) is 10.9. The summed E-state index contributed by atoms with van der Waals surface area (Å²) in [6.45, 7) is 7.89. The summed E-state index contributed by atoms with van der Waals surface area (Å²) in [5.74, 6) is -1.97. The van der Waals surface area contributed by atoms with E-state index in [4.69, 9.17) is 9.47 Å². The van der Waals surface area contributed by atoms with E-state index in [0.29, 0.717) is 28.5 Å². The number of hydrogen-bond donors (Lipinski definition) is 2. The minimum Gasteiger partial charge on any atom is -0.459 e. The Morgan fingerprint density at radius 2 is 1.79 bits per heavy atom. The highest BCUT2D eigenvalue weighted by atomic mass is 19.1. The highest BCUT2D eigenvalue weighted by Gasteiger charge is 2.25. The quantitative estimate of drug-likeness (QED) is 0.525. The van der Waals surface area contributed by atoms with Crippen molar-refractivity contribution in [2.75, 3.05) is 11.9 Å². The van der Waals surface area contributed by atoms with Gasteiger partial charge in [0.15, 0.2) is 6.61 Å². The molecule has 0 aliphatic rings. The molecule has 0 aliphatic heterocycles. The molecule has 0 unspecified atom stereocenters. The summed E-state index contributed by atoms with van der Waals surface area (Å²) in [5.41, 5.74) is 2.36. The van der Waals surface area contributed by atoms with Crippen molar-refractivity contribution in [1.29, 1.82) is 0 Å². The number of carbonyl (C=O) groups is 3. The van der Waals surface area contributed by atoms with Gasteiger partial charge < -0.3 is 19.8 Å². The lowest BCUT2D eigenvalue weighted by Gasteiger charge is -2.10. The minimum atomic E-state index is -0.780. The lowest BCUT2D eigenvalue weighted by Crippen LogP contribution is -2.22. The van der Waals surface area contributed by atoms with Crippen LogP contribution in [0.15, 0.2) is 30.3 Å². The van der Waals surface area contributed by atoms with Crippen molar-refractivity contribution in [2.24, 2.45) is 0 Å². The molecule has 3 rings (SSSR count). The standard InChI is InChI=1S/C23H25FN4O5/c1-12(2)33-22(30)20-14(4)21(25-15(20)5)23(31)32-11-19(29)26-18-10-13(3)27-28(18)17-8-6-16(24)7-9-17/h6-10,12,25H,11H2,1-5H3,(H,26,29). The first kappa shape index (κ1) is 23.7. The first-order valence-corrected chi connectivity index (χ1v) is 10.3. The van der Waals surface area contributed by atoms with Crippen molar-refractivity contribution in [3.05, 3.63) is 64.4 Å². The number of ether oxygens (including phenoxy) is 2. The zero-order valence-electron chi connectivity index (χ0n) is 19.0. The molecule has 0 spiro atoms. The van der Waals surface area contributed by atoms with E-state index in [1.807, 2.05) is 0 Å². The molecule has 0 aliphatic carbocycles. The van der Waals surface area contributed by atoms with Crippen LogP contribution in [0.25, 0.3) is 5.69 Å². The average molecular weight is 456 g/mol. The number of amides is 1. The molecule has 0 bridgehead atoms. The van der Waals surface area contributed by atoms with Gasteiger partial charge in [0.2, 0.25) is 0 Å². The largest absolute Gasteiger partial charge is 0.459 e. The van der Waals surface area contributed by atoms with Gasteiger partial charge in [-0.1, -0.05) is 0 Å². The summed E-state index contributed by atoms with van der Waals surface area (Å²) in [7, 11) is 0. The number of halogens is 1. The number of rotatable bonds is 7. The van der Waals surface area contributed by atoms with Crippen LogP contribution in [-0.2, 0) is 14.3 Å². The first-order valence-electron chi connectivity index (χ1n) is 10.3. The zero-order valence-corrected chi connectivity index (χ0v) is 19.0. The highest BCUT2D eigenvalue weighted by Crippen LogP contribution is 2.21. The first-order chi connectivity index (χ1) is 15.6. The number of aromatic amines is 1. The Hall–Kier alpha value is -3.95. The number of aromatic nitrogens is 3. The van der Waals surface area contributed by atoms with Gasteiger partial charge in [-0.3, -0.25) is 4.79 Å². The van der Waals surface area contributed by atoms with E-state index >= 15 is 0 Å². The van der Waals surface area contributed by atoms with Crippen molar-refractivity contribution >= 4 is 23.7 Å². The van der Waals surface area contributed by atoms with Gasteiger partial charge >= 0.3 is 11.9 Å². The molecule has 2 heterocycles. The summed E-state index contributed by atoms with van der Waals surface area (Å²) in [4.78, 5) is 40.0. The van der Waals surface area contributed by atoms with Crippen molar-refractivity contribution in [3.8, 4) is 5.69 Å². The maximum atomic E-state index is 13.2. The Labute approximate surface area is 189 Å². The fourth-order valence-corrected chi connectivity index (χ4v) is 3.28. The van der Waals surface area contributed by atoms with Gasteiger partial charge in [-0.25, -0.2) is 18.7 Å². The van der Waals surface area contributed by atoms with Crippen LogP contribution in [0.2, 0.25) is 0 Å². The monoisotopic (exact) mass is 456 g/mol. The second-order valence-corrected chi connectivity index (χ2v) is 7.76. The lowest BCUT2D eigenvalue weighted by molar-refractivity contribution is -0.119. The minimum absolute atomic E-state index is 0.0724. The molecule has 1 aromatic carbocycles. The van der Waals surface area contributed by atoms with Crippen molar-refractivity contribution in [2.45, 2.75) is 40.7 Å². The average Bonchev–Trinajstić information content (AvgIpc) is 3.24. The molecule has 2 aromatic heterocycles. The second kappa shape index (κ2) is 9.68. The molecule has 0 saturated heterocycles. The maximum Gasteiger partial charge on any atom is 0.355 e. The highest BCUT2D eigenvalue weighted by molar-refractivity contribution is 5.99. The van der Waals surface area contributed by atoms with E-state index in [0.717, 1.165) is 0 Å². The number of nitrogens with one attached hydrogen (secondary N) is 2. The second-order valence-electron chi connectivity index (χ2n) is 7.76. The van der Waals surface area contributed by atoms with Gasteiger partial charge in [-0.05, 0) is 64.4 Å². The van der Waals surface area contributed by atoms with Gasteiger partial charge in [0.25, 0.3) is 5.91 Å². The molecule has 0 atom stereocenters. The van der Waals surface area contributed by atoms with Crippen LogP contribution in [0.3, 0.4) is 0 Å². The summed E-state index contributed by atoms with van der Waals surface area (Å²) in [5, 5.41) is 6.92. The van der Waals surface area contributed by atoms with Crippen LogP contribution in [0.5, 0.6) is 0 Å². The summed E-state index contributed by atoms with van der Waals surface area (Å²) in [6.07, 6.45) is -0.308. The van der Waals surface area contributed by atoms with Gasteiger partial charge in [-0.2, -0.15) is 5.10 Å². The van der Waals surface area contributed by atoms with Crippen LogP contribution in [0.4, 0.5) is 10.2 Å². The van der Waals surface area contributed by atoms with Crippen LogP contribution in [0.1, 0.15) is 51.6 Å². The van der Waals surface area contributed by atoms with E-state index in [2.05, 4.69) is 15.4 Å². The third-order valence-electron chi connectivity index (χ3n) is 4.69. The molecular formula is C23H25FN4O5.